The van der Waals surface area contributed by atoms with E-state index in [0.29, 0.717) is 11.6 Å². The number of hydrogen-bond acceptors (Lipinski definition) is 7. The molecule has 124 valence electrons. The number of carbonyl (C=O) groups excluding carboxylic acids is 1. The average Bonchev–Trinajstić information content (AvgIpc) is 3.17. The van der Waals surface area contributed by atoms with Gasteiger partial charge in [-0.25, -0.2) is 0 Å². The molecule has 1 aromatic carbocycles. The lowest BCUT2D eigenvalue weighted by Gasteiger charge is -2.07. The largest absolute Gasteiger partial charge is 0.323 e. The zero-order valence-electron chi connectivity index (χ0n) is 13.1. The Balaban J connectivity index is 1.43. The van der Waals surface area contributed by atoms with Gasteiger partial charge >= 0.3 is 0 Å². The van der Waals surface area contributed by atoms with Crippen molar-refractivity contribution in [3.63, 3.8) is 0 Å². The Hall–Kier alpha value is -2.00. The second-order valence-electron chi connectivity index (χ2n) is 5.63. The van der Waals surface area contributed by atoms with Gasteiger partial charge < -0.3 is 9.88 Å². The lowest BCUT2D eigenvalue weighted by molar-refractivity contribution is -0.113. The molecule has 0 saturated heterocycles. The van der Waals surface area contributed by atoms with Crippen molar-refractivity contribution < 1.29 is 4.79 Å². The van der Waals surface area contributed by atoms with E-state index in [9.17, 15) is 4.79 Å². The molecule has 9 heteroatoms. The molecular formula is C15H16N6OS2. The first kappa shape index (κ1) is 15.5. The summed E-state index contributed by atoms with van der Waals surface area (Å²) >= 11 is 2.56. The molecule has 0 unspecified atom stereocenters. The first-order valence-corrected chi connectivity index (χ1v) is 9.55. The van der Waals surface area contributed by atoms with Crippen molar-refractivity contribution in [1.82, 2.24) is 23.5 Å². The number of amides is 1. The predicted octanol–water partition coefficient (Wildman–Crippen LogP) is 2.91. The molecule has 3 aromatic rings. The maximum atomic E-state index is 12.3. The normalized spacial score (nSPS) is 14.2. The first-order valence-electron chi connectivity index (χ1n) is 7.83. The third-order valence-electron chi connectivity index (χ3n) is 3.90. The molecule has 0 radical (unpaired) electrons. The second kappa shape index (κ2) is 6.48. The minimum atomic E-state index is -0.0841. The molecule has 2 heterocycles. The van der Waals surface area contributed by atoms with Gasteiger partial charge in [0, 0.05) is 12.5 Å². The Morgan fingerprint density at radius 2 is 2.25 bits per heavy atom. The number of nitrogens with zero attached hydrogens (tertiary/aromatic N) is 5. The highest BCUT2D eigenvalue weighted by molar-refractivity contribution is 7.99. The van der Waals surface area contributed by atoms with Crippen molar-refractivity contribution in [2.75, 3.05) is 11.1 Å². The standard InChI is InChI=1S/C15H16N6OS2/c1-2-21-14(9-6-7-9)17-18-15(21)23-8-12(22)16-10-4-3-5-11-13(10)20-24-19-11/h3-5,9H,2,6-8H2,1H3,(H,16,22). The van der Waals surface area contributed by atoms with Gasteiger partial charge in [0.1, 0.15) is 16.9 Å². The molecule has 1 N–H and O–H groups in total. The molecular weight excluding hydrogens is 344 g/mol. The molecule has 24 heavy (non-hydrogen) atoms. The number of benzene rings is 1. The maximum absolute atomic E-state index is 12.3. The molecule has 1 aliphatic carbocycles. The summed E-state index contributed by atoms with van der Waals surface area (Å²) in [6, 6.07) is 5.58. The number of fused-ring (bicyclic) bond motifs is 1. The highest BCUT2D eigenvalue weighted by Gasteiger charge is 2.30. The van der Waals surface area contributed by atoms with E-state index < -0.39 is 0 Å². The van der Waals surface area contributed by atoms with Crippen molar-refractivity contribution >= 4 is 46.1 Å². The monoisotopic (exact) mass is 360 g/mol. The summed E-state index contributed by atoms with van der Waals surface area (Å²) < 4.78 is 10.5. The number of nitrogens with one attached hydrogen (secondary N) is 1. The summed E-state index contributed by atoms with van der Waals surface area (Å²) in [5.74, 6) is 1.81. The van der Waals surface area contributed by atoms with Gasteiger partial charge in [-0.1, -0.05) is 17.8 Å². The molecule has 1 saturated carbocycles. The molecule has 0 atom stereocenters. The quantitative estimate of drug-likeness (QED) is 0.680. The number of thioether (sulfide) groups is 1. The van der Waals surface area contributed by atoms with Crippen LogP contribution < -0.4 is 5.32 Å². The first-order chi connectivity index (χ1) is 11.8. The van der Waals surface area contributed by atoms with Crippen molar-refractivity contribution in [1.29, 1.82) is 0 Å². The summed E-state index contributed by atoms with van der Waals surface area (Å²) in [6.07, 6.45) is 2.38. The summed E-state index contributed by atoms with van der Waals surface area (Å²) in [6.45, 7) is 2.90. The van der Waals surface area contributed by atoms with E-state index in [0.717, 1.165) is 40.3 Å². The van der Waals surface area contributed by atoms with Gasteiger partial charge in [0.15, 0.2) is 5.16 Å². The average molecular weight is 360 g/mol. The van der Waals surface area contributed by atoms with E-state index in [1.54, 1.807) is 0 Å². The van der Waals surface area contributed by atoms with E-state index in [-0.39, 0.29) is 11.7 Å². The smallest absolute Gasteiger partial charge is 0.234 e. The number of hydrogen-bond donors (Lipinski definition) is 1. The molecule has 1 aliphatic rings. The molecule has 1 fully saturated rings. The Morgan fingerprint density at radius 1 is 1.38 bits per heavy atom. The van der Waals surface area contributed by atoms with Crippen molar-refractivity contribution in [2.24, 2.45) is 0 Å². The number of carbonyl (C=O) groups is 1. The van der Waals surface area contributed by atoms with Crippen LogP contribution in [0.25, 0.3) is 11.0 Å². The van der Waals surface area contributed by atoms with Crippen LogP contribution in [0.3, 0.4) is 0 Å². The topological polar surface area (TPSA) is 85.6 Å². The van der Waals surface area contributed by atoms with E-state index in [1.165, 1.54) is 24.6 Å². The zero-order valence-corrected chi connectivity index (χ0v) is 14.7. The fraction of sp³-hybridized carbons (Fsp3) is 0.400. The highest BCUT2D eigenvalue weighted by Crippen LogP contribution is 2.40. The van der Waals surface area contributed by atoms with Crippen LogP contribution in [0.15, 0.2) is 23.4 Å². The van der Waals surface area contributed by atoms with Crippen LogP contribution in [0.1, 0.15) is 31.5 Å². The van der Waals surface area contributed by atoms with Gasteiger partial charge in [0.05, 0.1) is 23.2 Å². The van der Waals surface area contributed by atoms with Gasteiger partial charge in [0.25, 0.3) is 0 Å². The Labute approximate surface area is 147 Å². The maximum Gasteiger partial charge on any atom is 0.234 e. The fourth-order valence-corrected chi connectivity index (χ4v) is 3.93. The van der Waals surface area contributed by atoms with Gasteiger partial charge in [-0.15, -0.1) is 10.2 Å². The number of rotatable bonds is 6. The minimum absolute atomic E-state index is 0.0841. The Morgan fingerprint density at radius 3 is 3.04 bits per heavy atom. The van der Waals surface area contributed by atoms with E-state index in [2.05, 4.69) is 35.8 Å². The van der Waals surface area contributed by atoms with Crippen LogP contribution in [-0.4, -0.2) is 35.2 Å². The molecule has 2 aromatic heterocycles. The highest BCUT2D eigenvalue weighted by atomic mass is 32.2. The van der Waals surface area contributed by atoms with Crippen LogP contribution in [0.2, 0.25) is 0 Å². The van der Waals surface area contributed by atoms with Crippen molar-refractivity contribution in [2.45, 2.75) is 37.4 Å². The van der Waals surface area contributed by atoms with E-state index in [4.69, 9.17) is 0 Å². The Bertz CT molecular complexity index is 885. The van der Waals surface area contributed by atoms with Crippen molar-refractivity contribution in [3.8, 4) is 0 Å². The van der Waals surface area contributed by atoms with Crippen LogP contribution in [0.4, 0.5) is 5.69 Å². The van der Waals surface area contributed by atoms with Gasteiger partial charge in [-0.05, 0) is 31.9 Å². The molecule has 0 spiro atoms. The van der Waals surface area contributed by atoms with Crippen LogP contribution in [0, 0.1) is 0 Å². The van der Waals surface area contributed by atoms with Gasteiger partial charge in [-0.3, -0.25) is 4.79 Å². The summed E-state index contributed by atoms with van der Waals surface area (Å²) in [5.41, 5.74) is 2.22. The molecule has 7 nitrogen and oxygen atoms in total. The molecule has 0 bridgehead atoms. The third-order valence-corrected chi connectivity index (χ3v) is 5.41. The minimum Gasteiger partial charge on any atom is -0.323 e. The predicted molar refractivity (Wildman–Crippen MR) is 94.4 cm³/mol. The second-order valence-corrected chi connectivity index (χ2v) is 7.10. The number of aromatic nitrogens is 5. The fourth-order valence-electron chi connectivity index (χ4n) is 2.57. The van der Waals surface area contributed by atoms with Crippen LogP contribution in [0.5, 0.6) is 0 Å². The Kier molecular flexibility index (Phi) is 4.19. The lowest BCUT2D eigenvalue weighted by atomic mass is 10.2. The zero-order chi connectivity index (χ0) is 16.5. The summed E-state index contributed by atoms with van der Waals surface area (Å²) in [7, 11) is 0. The molecule has 4 rings (SSSR count). The number of anilines is 1. The lowest BCUT2D eigenvalue weighted by Crippen LogP contribution is -2.15. The van der Waals surface area contributed by atoms with E-state index >= 15 is 0 Å². The summed E-state index contributed by atoms with van der Waals surface area (Å²) in [5, 5.41) is 12.2. The van der Waals surface area contributed by atoms with Crippen LogP contribution >= 0.6 is 23.5 Å². The van der Waals surface area contributed by atoms with E-state index in [1.807, 2.05) is 18.2 Å². The SMILES string of the molecule is CCn1c(SCC(=O)Nc2cccc3nsnc23)nnc1C1CC1. The van der Waals surface area contributed by atoms with Crippen LogP contribution in [-0.2, 0) is 11.3 Å². The van der Waals surface area contributed by atoms with Gasteiger partial charge in [-0.2, -0.15) is 8.75 Å². The molecule has 0 aliphatic heterocycles. The third kappa shape index (κ3) is 3.01. The molecule has 1 amide bonds. The van der Waals surface area contributed by atoms with Gasteiger partial charge in [0.2, 0.25) is 5.91 Å². The van der Waals surface area contributed by atoms with Crippen molar-refractivity contribution in [3.05, 3.63) is 24.0 Å². The summed E-state index contributed by atoms with van der Waals surface area (Å²) in [4.78, 5) is 12.3.